The number of anilines is 1. The first-order valence-electron chi connectivity index (χ1n) is 10.4. The first-order valence-corrected chi connectivity index (χ1v) is 11.9. The minimum Gasteiger partial charge on any atom is -0.326 e. The molecule has 2 aromatic carbocycles. The van der Waals surface area contributed by atoms with Gasteiger partial charge in [-0.15, -0.1) is 0 Å². The molecule has 1 saturated heterocycles. The molecule has 9 nitrogen and oxygen atoms in total. The average molecular weight is 461 g/mol. The van der Waals surface area contributed by atoms with Crippen LogP contribution in [-0.2, 0) is 14.8 Å². The normalized spacial score (nSPS) is 15.5. The SMILES string of the molecule is Cc1ccc(C)c(S(=O)(=O)N2CCN(CCC(=O)Nc3cccc([N+](=O)[O-])c3C)CC2)c1. The van der Waals surface area contributed by atoms with Gasteiger partial charge in [-0.25, -0.2) is 8.42 Å². The van der Waals surface area contributed by atoms with Crippen molar-refractivity contribution in [3.8, 4) is 0 Å². The van der Waals surface area contributed by atoms with Crippen LogP contribution in [0.2, 0.25) is 0 Å². The van der Waals surface area contributed by atoms with Gasteiger partial charge >= 0.3 is 0 Å². The molecule has 0 spiro atoms. The summed E-state index contributed by atoms with van der Waals surface area (Å²) in [4.78, 5) is 25.3. The summed E-state index contributed by atoms with van der Waals surface area (Å²) >= 11 is 0. The van der Waals surface area contributed by atoms with Crippen molar-refractivity contribution in [2.24, 2.45) is 0 Å². The van der Waals surface area contributed by atoms with Gasteiger partial charge in [0.15, 0.2) is 0 Å². The molecule has 1 aliphatic rings. The molecule has 2 aromatic rings. The summed E-state index contributed by atoms with van der Waals surface area (Å²) < 4.78 is 27.6. The summed E-state index contributed by atoms with van der Waals surface area (Å²) in [6.07, 6.45) is 0.214. The van der Waals surface area contributed by atoms with Gasteiger partial charge in [-0.05, 0) is 44.0 Å². The number of nitrogens with zero attached hydrogens (tertiary/aromatic N) is 3. The van der Waals surface area contributed by atoms with Crippen LogP contribution < -0.4 is 5.32 Å². The number of piperazine rings is 1. The molecule has 1 aliphatic heterocycles. The molecule has 1 amide bonds. The molecule has 172 valence electrons. The fourth-order valence-corrected chi connectivity index (χ4v) is 5.48. The maximum atomic E-state index is 13.0. The van der Waals surface area contributed by atoms with E-state index in [1.807, 2.05) is 19.1 Å². The van der Waals surface area contributed by atoms with Crippen molar-refractivity contribution in [3.63, 3.8) is 0 Å². The van der Waals surface area contributed by atoms with E-state index < -0.39 is 14.9 Å². The zero-order chi connectivity index (χ0) is 23.5. The molecule has 1 fully saturated rings. The van der Waals surface area contributed by atoms with Crippen LogP contribution in [0.25, 0.3) is 0 Å². The van der Waals surface area contributed by atoms with Crippen LogP contribution in [0.3, 0.4) is 0 Å². The van der Waals surface area contributed by atoms with Crippen molar-refractivity contribution in [2.75, 3.05) is 38.0 Å². The summed E-state index contributed by atoms with van der Waals surface area (Å²) in [7, 11) is -3.55. The molecular formula is C22H28N4O5S. The second kappa shape index (κ2) is 9.76. The fourth-order valence-electron chi connectivity index (χ4n) is 3.75. The highest BCUT2D eigenvalue weighted by atomic mass is 32.2. The molecule has 0 atom stereocenters. The Kier molecular flexibility index (Phi) is 7.27. The highest BCUT2D eigenvalue weighted by molar-refractivity contribution is 7.89. The molecule has 0 unspecified atom stereocenters. The molecule has 0 bridgehead atoms. The maximum Gasteiger partial charge on any atom is 0.274 e. The molecule has 0 aliphatic carbocycles. The van der Waals surface area contributed by atoms with Crippen molar-refractivity contribution in [3.05, 3.63) is 63.2 Å². The third-order valence-electron chi connectivity index (χ3n) is 5.72. The Hall–Kier alpha value is -2.82. The topological polar surface area (TPSA) is 113 Å². The van der Waals surface area contributed by atoms with E-state index in [1.165, 1.54) is 16.4 Å². The number of nitro groups is 1. The van der Waals surface area contributed by atoms with Crippen molar-refractivity contribution in [1.82, 2.24) is 9.21 Å². The summed E-state index contributed by atoms with van der Waals surface area (Å²) in [6, 6.07) is 9.99. The second-order valence-electron chi connectivity index (χ2n) is 8.02. The van der Waals surface area contributed by atoms with Gasteiger partial charge in [0.25, 0.3) is 5.69 Å². The maximum absolute atomic E-state index is 13.0. The number of nitro benzene ring substituents is 1. The molecular weight excluding hydrogens is 432 g/mol. The lowest BCUT2D eigenvalue weighted by Crippen LogP contribution is -2.49. The van der Waals surface area contributed by atoms with Crippen LogP contribution in [0.1, 0.15) is 23.1 Å². The number of aryl methyl sites for hydroxylation is 2. The zero-order valence-corrected chi connectivity index (χ0v) is 19.3. The number of sulfonamides is 1. The second-order valence-corrected chi connectivity index (χ2v) is 9.93. The van der Waals surface area contributed by atoms with Crippen molar-refractivity contribution in [2.45, 2.75) is 32.1 Å². The standard InChI is InChI=1S/C22H28N4O5S/c1-16-7-8-17(2)21(15-16)32(30,31)25-13-11-24(12-14-25)10-9-22(27)23-19-5-4-6-20(18(19)3)26(28)29/h4-8,15H,9-14H2,1-3H3,(H,23,27). The van der Waals surface area contributed by atoms with Gasteiger partial charge in [0.2, 0.25) is 15.9 Å². The van der Waals surface area contributed by atoms with E-state index in [-0.39, 0.29) is 18.0 Å². The van der Waals surface area contributed by atoms with Gasteiger partial charge in [-0.1, -0.05) is 18.2 Å². The molecule has 3 rings (SSSR count). The third kappa shape index (κ3) is 5.32. The predicted octanol–water partition coefficient (Wildman–Crippen LogP) is 2.86. The van der Waals surface area contributed by atoms with E-state index in [4.69, 9.17) is 0 Å². The number of carbonyl (C=O) groups excluding carboxylic acids is 1. The molecule has 10 heteroatoms. The molecule has 1 N–H and O–H groups in total. The van der Waals surface area contributed by atoms with Crippen LogP contribution in [0, 0.1) is 30.9 Å². The van der Waals surface area contributed by atoms with Gasteiger partial charge in [0.1, 0.15) is 0 Å². The molecule has 0 radical (unpaired) electrons. The highest BCUT2D eigenvalue weighted by Gasteiger charge is 2.29. The number of nitrogens with one attached hydrogen (secondary N) is 1. The fraction of sp³-hybridized carbons (Fsp3) is 0.409. The Morgan fingerprint density at radius 3 is 2.44 bits per heavy atom. The van der Waals surface area contributed by atoms with E-state index in [2.05, 4.69) is 10.2 Å². The molecule has 0 aromatic heterocycles. The Labute approximate surface area is 188 Å². The van der Waals surface area contributed by atoms with E-state index in [1.54, 1.807) is 26.0 Å². The quantitative estimate of drug-likeness (QED) is 0.502. The Bertz CT molecular complexity index is 1130. The van der Waals surface area contributed by atoms with Crippen LogP contribution in [-0.4, -0.2) is 61.2 Å². The molecule has 1 heterocycles. The van der Waals surface area contributed by atoms with Crippen LogP contribution >= 0.6 is 0 Å². The van der Waals surface area contributed by atoms with Crippen molar-refractivity contribution >= 4 is 27.3 Å². The summed E-state index contributed by atoms with van der Waals surface area (Å²) in [5.41, 5.74) is 2.43. The molecule has 32 heavy (non-hydrogen) atoms. The number of benzene rings is 2. The summed E-state index contributed by atoms with van der Waals surface area (Å²) in [5.74, 6) is -0.237. The first kappa shape index (κ1) is 23.8. The zero-order valence-electron chi connectivity index (χ0n) is 18.5. The van der Waals surface area contributed by atoms with Gasteiger partial charge in [0, 0.05) is 45.2 Å². The average Bonchev–Trinajstić information content (AvgIpc) is 2.75. The summed E-state index contributed by atoms with van der Waals surface area (Å²) in [6.45, 7) is 7.55. The van der Waals surface area contributed by atoms with Crippen molar-refractivity contribution in [1.29, 1.82) is 0 Å². The number of amides is 1. The minimum atomic E-state index is -3.55. The minimum absolute atomic E-state index is 0.0380. The summed E-state index contributed by atoms with van der Waals surface area (Å²) in [5, 5.41) is 13.8. The monoisotopic (exact) mass is 460 g/mol. The smallest absolute Gasteiger partial charge is 0.274 e. The van der Waals surface area contributed by atoms with E-state index in [0.29, 0.717) is 48.9 Å². The predicted molar refractivity (Wildman–Crippen MR) is 122 cm³/mol. The number of carbonyl (C=O) groups is 1. The van der Waals surface area contributed by atoms with Gasteiger partial charge in [-0.3, -0.25) is 14.9 Å². The first-order chi connectivity index (χ1) is 15.1. The number of rotatable bonds is 7. The van der Waals surface area contributed by atoms with E-state index in [0.717, 1.165) is 11.1 Å². The van der Waals surface area contributed by atoms with E-state index in [9.17, 15) is 23.3 Å². The van der Waals surface area contributed by atoms with Gasteiger partial charge in [-0.2, -0.15) is 4.31 Å². The van der Waals surface area contributed by atoms with Crippen molar-refractivity contribution < 1.29 is 18.1 Å². The van der Waals surface area contributed by atoms with Crippen LogP contribution in [0.5, 0.6) is 0 Å². The highest BCUT2D eigenvalue weighted by Crippen LogP contribution is 2.25. The number of hydrogen-bond donors (Lipinski definition) is 1. The Balaban J connectivity index is 1.53. The lowest BCUT2D eigenvalue weighted by molar-refractivity contribution is -0.385. The lowest BCUT2D eigenvalue weighted by Gasteiger charge is -2.34. The van der Waals surface area contributed by atoms with E-state index >= 15 is 0 Å². The Morgan fingerprint density at radius 2 is 1.78 bits per heavy atom. The van der Waals surface area contributed by atoms with Crippen LogP contribution in [0.4, 0.5) is 11.4 Å². The molecule has 0 saturated carbocycles. The van der Waals surface area contributed by atoms with Crippen LogP contribution in [0.15, 0.2) is 41.3 Å². The third-order valence-corrected chi connectivity index (χ3v) is 7.76. The Morgan fingerprint density at radius 1 is 1.09 bits per heavy atom. The lowest BCUT2D eigenvalue weighted by atomic mass is 10.1. The van der Waals surface area contributed by atoms with Gasteiger partial charge in [0.05, 0.1) is 21.1 Å². The van der Waals surface area contributed by atoms with Gasteiger partial charge < -0.3 is 10.2 Å². The largest absolute Gasteiger partial charge is 0.326 e. The number of hydrogen-bond acceptors (Lipinski definition) is 6.